The summed E-state index contributed by atoms with van der Waals surface area (Å²) >= 11 is 0. The molecule has 0 spiro atoms. The molecule has 1 aliphatic heterocycles. The van der Waals surface area contributed by atoms with Crippen LogP contribution in [0.4, 0.5) is 5.69 Å². The van der Waals surface area contributed by atoms with Gasteiger partial charge in [0.2, 0.25) is 26.0 Å². The van der Waals surface area contributed by atoms with Gasteiger partial charge in [0.05, 0.1) is 23.4 Å². The van der Waals surface area contributed by atoms with Crippen LogP contribution in [-0.4, -0.2) is 66.1 Å². The van der Waals surface area contributed by atoms with E-state index in [1.807, 2.05) is 19.1 Å². The van der Waals surface area contributed by atoms with Crippen molar-refractivity contribution in [2.75, 3.05) is 43.3 Å². The maximum atomic E-state index is 12.6. The van der Waals surface area contributed by atoms with E-state index in [-0.39, 0.29) is 24.6 Å². The van der Waals surface area contributed by atoms with Gasteiger partial charge in [-0.15, -0.1) is 0 Å². The second-order valence-corrected chi connectivity index (χ2v) is 11.9. The number of amides is 1. The molecule has 0 aromatic heterocycles. The molecule has 0 unspecified atom stereocenters. The number of rotatable bonds is 11. The van der Waals surface area contributed by atoms with Crippen LogP contribution < -0.4 is 14.4 Å². The Labute approximate surface area is 201 Å². The van der Waals surface area contributed by atoms with Crippen LogP contribution in [0, 0.1) is 0 Å². The van der Waals surface area contributed by atoms with Crippen molar-refractivity contribution < 1.29 is 26.4 Å². The van der Waals surface area contributed by atoms with Crippen LogP contribution >= 0.6 is 0 Å². The number of carbonyl (C=O) groups excluding carboxylic acids is 1. The predicted molar refractivity (Wildman–Crippen MR) is 131 cm³/mol. The van der Waals surface area contributed by atoms with Crippen molar-refractivity contribution in [1.29, 1.82) is 0 Å². The summed E-state index contributed by atoms with van der Waals surface area (Å²) in [5.74, 6) is 0.0176. The zero-order valence-corrected chi connectivity index (χ0v) is 21.1. The smallest absolute Gasteiger partial charge is 0.243 e. The largest absolute Gasteiger partial charge is 0.492 e. The molecular weight excluding hydrogens is 478 g/mol. The minimum atomic E-state index is -3.64. The van der Waals surface area contributed by atoms with Crippen LogP contribution in [0.2, 0.25) is 0 Å². The van der Waals surface area contributed by atoms with E-state index in [0.29, 0.717) is 24.5 Å². The second-order valence-electron chi connectivity index (χ2n) is 8.07. The van der Waals surface area contributed by atoms with Gasteiger partial charge in [0.25, 0.3) is 0 Å². The third-order valence-electron chi connectivity index (χ3n) is 5.54. The quantitative estimate of drug-likeness (QED) is 0.464. The first-order valence-corrected chi connectivity index (χ1v) is 14.5. The Morgan fingerprint density at radius 3 is 2.18 bits per heavy atom. The van der Waals surface area contributed by atoms with Crippen LogP contribution in [0.5, 0.6) is 5.75 Å². The highest BCUT2D eigenvalue weighted by atomic mass is 32.2. The maximum Gasteiger partial charge on any atom is 0.243 e. The molecule has 1 heterocycles. The zero-order valence-electron chi connectivity index (χ0n) is 19.4. The Hall–Kier alpha value is -2.63. The molecule has 1 N–H and O–H groups in total. The number of hydrogen-bond acceptors (Lipinski definition) is 6. The first-order valence-electron chi connectivity index (χ1n) is 11.2. The highest BCUT2D eigenvalue weighted by Crippen LogP contribution is 2.23. The fourth-order valence-electron chi connectivity index (χ4n) is 3.63. The van der Waals surface area contributed by atoms with Gasteiger partial charge in [0, 0.05) is 13.1 Å². The number of sulfonamides is 2. The standard InChI is InChI=1S/C23H31N3O6S2/c1-3-19-6-8-20(9-7-19)26(33(2,28)29)18-23(27)24-14-17-32-21-10-12-22(13-11-21)34(30,31)25-15-4-5-16-25/h6-13H,3-5,14-18H2,1-2H3,(H,24,27). The molecule has 1 fully saturated rings. The molecule has 3 rings (SSSR count). The van der Waals surface area contributed by atoms with E-state index in [2.05, 4.69) is 5.32 Å². The molecule has 11 heteroatoms. The lowest BCUT2D eigenvalue weighted by Gasteiger charge is -2.22. The van der Waals surface area contributed by atoms with Gasteiger partial charge < -0.3 is 10.1 Å². The minimum Gasteiger partial charge on any atom is -0.492 e. The number of carbonyl (C=O) groups is 1. The Kier molecular flexibility index (Phi) is 8.56. The zero-order chi connectivity index (χ0) is 24.8. The third kappa shape index (κ3) is 6.71. The molecule has 186 valence electrons. The van der Waals surface area contributed by atoms with E-state index in [0.717, 1.165) is 35.4 Å². The molecule has 1 amide bonds. The van der Waals surface area contributed by atoms with Gasteiger partial charge in [-0.3, -0.25) is 9.10 Å². The summed E-state index contributed by atoms with van der Waals surface area (Å²) in [5, 5.41) is 2.65. The van der Waals surface area contributed by atoms with E-state index < -0.39 is 26.0 Å². The molecular formula is C23H31N3O6S2. The fraction of sp³-hybridized carbons (Fsp3) is 0.435. The van der Waals surface area contributed by atoms with Gasteiger partial charge in [-0.05, 0) is 61.2 Å². The van der Waals surface area contributed by atoms with Gasteiger partial charge in [0.15, 0.2) is 0 Å². The Morgan fingerprint density at radius 2 is 1.62 bits per heavy atom. The molecule has 2 aromatic rings. The van der Waals surface area contributed by atoms with Gasteiger partial charge in [-0.1, -0.05) is 19.1 Å². The Bertz CT molecular complexity index is 1170. The monoisotopic (exact) mass is 509 g/mol. The number of anilines is 1. The average molecular weight is 510 g/mol. The predicted octanol–water partition coefficient (Wildman–Crippen LogP) is 1.99. The molecule has 1 aliphatic rings. The van der Waals surface area contributed by atoms with Crippen molar-refractivity contribution in [2.45, 2.75) is 31.1 Å². The van der Waals surface area contributed by atoms with E-state index in [4.69, 9.17) is 4.74 Å². The van der Waals surface area contributed by atoms with E-state index >= 15 is 0 Å². The van der Waals surface area contributed by atoms with Crippen molar-refractivity contribution in [3.63, 3.8) is 0 Å². The van der Waals surface area contributed by atoms with Crippen molar-refractivity contribution in [3.8, 4) is 5.75 Å². The average Bonchev–Trinajstić information content (AvgIpc) is 3.36. The van der Waals surface area contributed by atoms with Crippen molar-refractivity contribution in [2.24, 2.45) is 0 Å². The number of benzene rings is 2. The number of nitrogens with one attached hydrogen (secondary N) is 1. The van der Waals surface area contributed by atoms with E-state index in [9.17, 15) is 21.6 Å². The molecule has 34 heavy (non-hydrogen) atoms. The SMILES string of the molecule is CCc1ccc(N(CC(=O)NCCOc2ccc(S(=O)(=O)N3CCCC3)cc2)S(C)(=O)=O)cc1. The van der Waals surface area contributed by atoms with Gasteiger partial charge in [0.1, 0.15) is 18.9 Å². The third-order valence-corrected chi connectivity index (χ3v) is 8.59. The van der Waals surface area contributed by atoms with Crippen molar-refractivity contribution in [3.05, 3.63) is 54.1 Å². The molecule has 0 radical (unpaired) electrons. The number of hydrogen-bond donors (Lipinski definition) is 1. The summed E-state index contributed by atoms with van der Waals surface area (Å²) in [6.07, 6.45) is 3.64. The van der Waals surface area contributed by atoms with Gasteiger partial charge >= 0.3 is 0 Å². The van der Waals surface area contributed by atoms with Crippen molar-refractivity contribution in [1.82, 2.24) is 9.62 Å². The van der Waals surface area contributed by atoms with Crippen LogP contribution in [0.3, 0.4) is 0 Å². The lowest BCUT2D eigenvalue weighted by molar-refractivity contribution is -0.119. The molecule has 0 atom stereocenters. The summed E-state index contributed by atoms with van der Waals surface area (Å²) in [4.78, 5) is 12.6. The van der Waals surface area contributed by atoms with Crippen LogP contribution in [-0.2, 0) is 31.3 Å². The first kappa shape index (κ1) is 26.0. The van der Waals surface area contributed by atoms with Crippen LogP contribution in [0.1, 0.15) is 25.3 Å². The first-order chi connectivity index (χ1) is 16.1. The van der Waals surface area contributed by atoms with Gasteiger partial charge in [-0.25, -0.2) is 16.8 Å². The summed E-state index contributed by atoms with van der Waals surface area (Å²) in [6.45, 7) is 3.06. The molecule has 0 bridgehead atoms. The highest BCUT2D eigenvalue weighted by molar-refractivity contribution is 7.92. The van der Waals surface area contributed by atoms with Crippen molar-refractivity contribution >= 4 is 31.6 Å². The molecule has 2 aromatic carbocycles. The topological polar surface area (TPSA) is 113 Å². The lowest BCUT2D eigenvalue weighted by Crippen LogP contribution is -2.41. The molecule has 9 nitrogen and oxygen atoms in total. The number of ether oxygens (including phenoxy) is 1. The Morgan fingerprint density at radius 1 is 1.00 bits per heavy atom. The fourth-order valence-corrected chi connectivity index (χ4v) is 6.00. The maximum absolute atomic E-state index is 12.6. The molecule has 1 saturated heterocycles. The van der Waals surface area contributed by atoms with Gasteiger partial charge in [-0.2, -0.15) is 4.31 Å². The van der Waals surface area contributed by atoms with Crippen LogP contribution in [0.15, 0.2) is 53.4 Å². The lowest BCUT2D eigenvalue weighted by atomic mass is 10.1. The summed E-state index contributed by atoms with van der Waals surface area (Å²) < 4.78 is 57.6. The highest BCUT2D eigenvalue weighted by Gasteiger charge is 2.27. The van der Waals surface area contributed by atoms with E-state index in [1.54, 1.807) is 24.3 Å². The number of aryl methyl sites for hydroxylation is 1. The summed E-state index contributed by atoms with van der Waals surface area (Å²) in [5.41, 5.74) is 1.50. The minimum absolute atomic E-state index is 0.147. The molecule has 0 aliphatic carbocycles. The normalized spacial score (nSPS) is 14.6. The Balaban J connectivity index is 1.49. The number of nitrogens with zero attached hydrogens (tertiary/aromatic N) is 2. The summed E-state index contributed by atoms with van der Waals surface area (Å²) in [6, 6.07) is 13.2. The van der Waals surface area contributed by atoms with Crippen LogP contribution in [0.25, 0.3) is 0 Å². The van der Waals surface area contributed by atoms with E-state index in [1.165, 1.54) is 16.4 Å². The summed E-state index contributed by atoms with van der Waals surface area (Å²) in [7, 11) is -7.12. The molecule has 0 saturated carbocycles. The second kappa shape index (κ2) is 11.2.